The van der Waals surface area contributed by atoms with Crippen molar-refractivity contribution in [3.63, 3.8) is 0 Å². The van der Waals surface area contributed by atoms with Crippen LogP contribution in [0.5, 0.6) is 11.5 Å². The van der Waals surface area contributed by atoms with Crippen LogP contribution in [0, 0.1) is 6.92 Å². The largest absolute Gasteiger partial charge is 0.493 e. The molecule has 102 valence electrons. The summed E-state index contributed by atoms with van der Waals surface area (Å²) in [4.78, 5) is 4.39. The van der Waals surface area contributed by atoms with E-state index in [9.17, 15) is 0 Å². The van der Waals surface area contributed by atoms with Crippen LogP contribution in [0.4, 0.5) is 0 Å². The number of thiazole rings is 1. The molecule has 0 saturated heterocycles. The Morgan fingerprint density at radius 3 is 2.74 bits per heavy atom. The zero-order chi connectivity index (χ0) is 13.5. The molecule has 1 heterocycles. The van der Waals surface area contributed by atoms with Crippen LogP contribution in [0.15, 0.2) is 29.6 Å². The molecule has 0 amide bonds. The Labute approximate surface area is 117 Å². The molecule has 19 heavy (non-hydrogen) atoms. The molecule has 0 fully saturated rings. The first kappa shape index (κ1) is 13.8. The Bertz CT molecular complexity index is 514. The Balaban J connectivity index is 1.69. The highest BCUT2D eigenvalue weighted by Crippen LogP contribution is 2.25. The first-order valence-corrected chi connectivity index (χ1v) is 7.05. The third-order valence-electron chi connectivity index (χ3n) is 2.58. The zero-order valence-electron chi connectivity index (χ0n) is 11.2. The molecule has 0 aliphatic carbocycles. The van der Waals surface area contributed by atoms with Crippen molar-refractivity contribution in [2.45, 2.75) is 13.5 Å². The number of rotatable bonds is 7. The van der Waals surface area contributed by atoms with Gasteiger partial charge < -0.3 is 14.8 Å². The molecular formula is C14H18N2O2S. The highest BCUT2D eigenvalue weighted by atomic mass is 32.1. The highest BCUT2D eigenvalue weighted by Gasteiger charge is 2.02. The van der Waals surface area contributed by atoms with Crippen LogP contribution in [0.1, 0.15) is 10.7 Å². The Kier molecular flexibility index (Phi) is 5.18. The predicted molar refractivity (Wildman–Crippen MR) is 77.0 cm³/mol. The van der Waals surface area contributed by atoms with E-state index in [1.807, 2.05) is 31.2 Å². The van der Waals surface area contributed by atoms with E-state index in [0.29, 0.717) is 6.61 Å². The average Bonchev–Trinajstić information content (AvgIpc) is 2.84. The van der Waals surface area contributed by atoms with Gasteiger partial charge in [0.2, 0.25) is 0 Å². The molecule has 1 aromatic carbocycles. The van der Waals surface area contributed by atoms with Crippen LogP contribution >= 0.6 is 11.3 Å². The lowest BCUT2D eigenvalue weighted by Crippen LogP contribution is -2.20. The van der Waals surface area contributed by atoms with E-state index < -0.39 is 0 Å². The lowest BCUT2D eigenvalue weighted by atomic mass is 10.3. The quantitative estimate of drug-likeness (QED) is 0.791. The zero-order valence-corrected chi connectivity index (χ0v) is 12.0. The molecule has 0 unspecified atom stereocenters. The minimum absolute atomic E-state index is 0.601. The molecule has 0 spiro atoms. The third kappa shape index (κ3) is 4.22. The number of ether oxygens (including phenoxy) is 2. The fraction of sp³-hybridized carbons (Fsp3) is 0.357. The second kappa shape index (κ2) is 7.11. The molecular weight excluding hydrogens is 260 g/mol. The molecule has 2 rings (SSSR count). The summed E-state index contributed by atoms with van der Waals surface area (Å²) >= 11 is 1.67. The van der Waals surface area contributed by atoms with Crippen molar-refractivity contribution in [1.29, 1.82) is 0 Å². The monoisotopic (exact) mass is 278 g/mol. The lowest BCUT2D eigenvalue weighted by Gasteiger charge is -2.10. The van der Waals surface area contributed by atoms with E-state index in [2.05, 4.69) is 15.7 Å². The molecule has 0 saturated carbocycles. The third-order valence-corrected chi connectivity index (χ3v) is 3.40. The van der Waals surface area contributed by atoms with Crippen molar-refractivity contribution in [2.75, 3.05) is 20.3 Å². The van der Waals surface area contributed by atoms with Crippen LogP contribution in [-0.2, 0) is 6.54 Å². The fourth-order valence-corrected chi connectivity index (χ4v) is 2.29. The van der Waals surface area contributed by atoms with Gasteiger partial charge in [-0.2, -0.15) is 0 Å². The Morgan fingerprint density at radius 1 is 1.26 bits per heavy atom. The van der Waals surface area contributed by atoms with Gasteiger partial charge in [-0.1, -0.05) is 12.1 Å². The first-order chi connectivity index (χ1) is 9.29. The Morgan fingerprint density at radius 2 is 2.05 bits per heavy atom. The maximum atomic E-state index is 5.67. The maximum absolute atomic E-state index is 5.67. The van der Waals surface area contributed by atoms with Gasteiger partial charge in [-0.3, -0.25) is 0 Å². The summed E-state index contributed by atoms with van der Waals surface area (Å²) in [5, 5.41) is 6.47. The number of benzene rings is 1. The second-order valence-electron chi connectivity index (χ2n) is 4.03. The van der Waals surface area contributed by atoms with E-state index in [1.54, 1.807) is 18.4 Å². The van der Waals surface area contributed by atoms with Crippen molar-refractivity contribution in [3.8, 4) is 11.5 Å². The molecule has 0 bridgehead atoms. The van der Waals surface area contributed by atoms with Crippen LogP contribution in [0.25, 0.3) is 0 Å². The standard InChI is InChI=1S/C14H18N2O2S/c1-11-16-12(10-19-11)9-15-7-8-18-14-6-4-3-5-13(14)17-2/h3-6,10,15H,7-9H2,1-2H3. The van der Waals surface area contributed by atoms with Crippen LogP contribution in [0.2, 0.25) is 0 Å². The number of nitrogens with one attached hydrogen (secondary N) is 1. The van der Waals surface area contributed by atoms with Crippen LogP contribution in [-0.4, -0.2) is 25.2 Å². The summed E-state index contributed by atoms with van der Waals surface area (Å²) in [6.45, 7) is 4.16. The van der Waals surface area contributed by atoms with Crippen molar-refractivity contribution < 1.29 is 9.47 Å². The van der Waals surface area contributed by atoms with E-state index in [1.165, 1.54) is 0 Å². The molecule has 1 N–H and O–H groups in total. The number of methoxy groups -OCH3 is 1. The van der Waals surface area contributed by atoms with Gasteiger partial charge >= 0.3 is 0 Å². The van der Waals surface area contributed by atoms with Crippen LogP contribution < -0.4 is 14.8 Å². The second-order valence-corrected chi connectivity index (χ2v) is 5.10. The number of hydrogen-bond acceptors (Lipinski definition) is 5. The Hall–Kier alpha value is -1.59. The molecule has 2 aromatic rings. The number of para-hydroxylation sites is 2. The molecule has 4 nitrogen and oxygen atoms in total. The summed E-state index contributed by atoms with van der Waals surface area (Å²) < 4.78 is 10.9. The number of aromatic nitrogens is 1. The smallest absolute Gasteiger partial charge is 0.161 e. The minimum atomic E-state index is 0.601. The molecule has 1 aromatic heterocycles. The van der Waals surface area contributed by atoms with Gasteiger partial charge in [0.1, 0.15) is 6.61 Å². The minimum Gasteiger partial charge on any atom is -0.493 e. The van der Waals surface area contributed by atoms with Gasteiger partial charge in [0, 0.05) is 18.5 Å². The molecule has 0 radical (unpaired) electrons. The van der Waals surface area contributed by atoms with Crippen molar-refractivity contribution in [1.82, 2.24) is 10.3 Å². The highest BCUT2D eigenvalue weighted by molar-refractivity contribution is 7.09. The van der Waals surface area contributed by atoms with Gasteiger partial charge in [-0.15, -0.1) is 11.3 Å². The van der Waals surface area contributed by atoms with Gasteiger partial charge in [-0.25, -0.2) is 4.98 Å². The maximum Gasteiger partial charge on any atom is 0.161 e. The van der Waals surface area contributed by atoms with Gasteiger partial charge in [0.05, 0.1) is 17.8 Å². The summed E-state index contributed by atoms with van der Waals surface area (Å²) in [6, 6.07) is 7.65. The number of aryl methyl sites for hydroxylation is 1. The average molecular weight is 278 g/mol. The summed E-state index contributed by atoms with van der Waals surface area (Å²) in [5.41, 5.74) is 1.08. The van der Waals surface area contributed by atoms with E-state index in [-0.39, 0.29) is 0 Å². The van der Waals surface area contributed by atoms with Gasteiger partial charge in [-0.05, 0) is 19.1 Å². The molecule has 0 aliphatic rings. The topological polar surface area (TPSA) is 43.4 Å². The molecule has 0 aliphatic heterocycles. The van der Waals surface area contributed by atoms with E-state index >= 15 is 0 Å². The van der Waals surface area contributed by atoms with Crippen LogP contribution in [0.3, 0.4) is 0 Å². The first-order valence-electron chi connectivity index (χ1n) is 6.17. The SMILES string of the molecule is COc1ccccc1OCCNCc1csc(C)n1. The van der Waals surface area contributed by atoms with E-state index in [0.717, 1.165) is 35.3 Å². The van der Waals surface area contributed by atoms with Crippen molar-refractivity contribution in [3.05, 3.63) is 40.3 Å². The molecule has 0 atom stereocenters. The summed E-state index contributed by atoms with van der Waals surface area (Å²) in [6.07, 6.45) is 0. The lowest BCUT2D eigenvalue weighted by molar-refractivity contribution is 0.292. The van der Waals surface area contributed by atoms with Gasteiger partial charge in [0.15, 0.2) is 11.5 Å². The van der Waals surface area contributed by atoms with Gasteiger partial charge in [0.25, 0.3) is 0 Å². The number of hydrogen-bond donors (Lipinski definition) is 1. The van der Waals surface area contributed by atoms with E-state index in [4.69, 9.17) is 9.47 Å². The summed E-state index contributed by atoms with van der Waals surface area (Å²) in [5.74, 6) is 1.54. The van der Waals surface area contributed by atoms with Crippen molar-refractivity contribution in [2.24, 2.45) is 0 Å². The fourth-order valence-electron chi connectivity index (χ4n) is 1.68. The normalized spacial score (nSPS) is 10.4. The molecule has 5 heteroatoms. The predicted octanol–water partition coefficient (Wildman–Crippen LogP) is 2.63. The van der Waals surface area contributed by atoms with Crippen molar-refractivity contribution >= 4 is 11.3 Å². The number of nitrogens with zero attached hydrogens (tertiary/aromatic N) is 1. The summed E-state index contributed by atoms with van der Waals surface area (Å²) in [7, 11) is 1.64.